The van der Waals surface area contributed by atoms with Crippen molar-refractivity contribution >= 4 is 17.6 Å². The molecular weight excluding hydrogens is 290 g/mol. The highest BCUT2D eigenvalue weighted by Gasteiger charge is 2.16. The summed E-state index contributed by atoms with van der Waals surface area (Å²) >= 11 is 1.91. The van der Waals surface area contributed by atoms with Crippen LogP contribution in [0.1, 0.15) is 17.4 Å². The van der Waals surface area contributed by atoms with Crippen molar-refractivity contribution in [2.24, 2.45) is 5.10 Å². The zero-order valence-electron chi connectivity index (χ0n) is 13.3. The van der Waals surface area contributed by atoms with Crippen LogP contribution in [0.2, 0.25) is 0 Å². The number of hydrogen-bond acceptors (Lipinski definition) is 4. The number of benzene rings is 1. The Balaban J connectivity index is 1.59. The largest absolute Gasteiger partial charge is 0.295 e. The van der Waals surface area contributed by atoms with Crippen molar-refractivity contribution in [2.45, 2.75) is 20.4 Å². The molecular formula is C18H23N3S. The third kappa shape index (κ3) is 3.76. The summed E-state index contributed by atoms with van der Waals surface area (Å²) in [7, 11) is 0. The standard InChI is InChI=1S/C18H23N3S/c1-3-19-21-12-10-20(11-13-21)14-17-8-9-18(22-17)16-6-4-15(2)5-7-16/h3-9H,10-14H2,1-2H3/b19-3-. The summed E-state index contributed by atoms with van der Waals surface area (Å²) in [4.78, 5) is 5.33. The van der Waals surface area contributed by atoms with Crippen molar-refractivity contribution in [2.75, 3.05) is 26.2 Å². The number of hydrogen-bond donors (Lipinski definition) is 0. The number of aryl methyl sites for hydroxylation is 1. The Bertz CT molecular complexity index is 622. The molecule has 0 bridgehead atoms. The van der Waals surface area contributed by atoms with E-state index in [1.165, 1.54) is 20.9 Å². The lowest BCUT2D eigenvalue weighted by Crippen LogP contribution is -2.43. The SMILES string of the molecule is C/C=N\N1CCN(Cc2ccc(-c3ccc(C)cc3)s2)CC1. The zero-order chi connectivity index (χ0) is 15.4. The molecule has 0 aliphatic carbocycles. The van der Waals surface area contributed by atoms with Crippen LogP contribution in [0.4, 0.5) is 0 Å². The first kappa shape index (κ1) is 15.3. The molecule has 0 unspecified atom stereocenters. The first-order valence-electron chi connectivity index (χ1n) is 7.86. The molecule has 0 amide bonds. The Labute approximate surface area is 136 Å². The average molecular weight is 313 g/mol. The summed E-state index contributed by atoms with van der Waals surface area (Å²) in [5.74, 6) is 0. The van der Waals surface area contributed by atoms with E-state index in [4.69, 9.17) is 0 Å². The van der Waals surface area contributed by atoms with Gasteiger partial charge in [-0.2, -0.15) is 5.10 Å². The molecule has 4 heteroatoms. The van der Waals surface area contributed by atoms with Crippen LogP contribution in [-0.4, -0.2) is 42.3 Å². The van der Waals surface area contributed by atoms with Gasteiger partial charge in [0.25, 0.3) is 0 Å². The summed E-state index contributed by atoms with van der Waals surface area (Å²) in [5.41, 5.74) is 2.64. The molecule has 1 fully saturated rings. The molecule has 2 aromatic rings. The van der Waals surface area contributed by atoms with Gasteiger partial charge in [-0.1, -0.05) is 29.8 Å². The van der Waals surface area contributed by atoms with Crippen LogP contribution >= 0.6 is 11.3 Å². The predicted molar refractivity (Wildman–Crippen MR) is 95.5 cm³/mol. The van der Waals surface area contributed by atoms with E-state index in [1.807, 2.05) is 24.5 Å². The maximum atomic E-state index is 4.36. The fraction of sp³-hybridized carbons (Fsp3) is 0.389. The second-order valence-corrected chi connectivity index (χ2v) is 6.90. The van der Waals surface area contributed by atoms with Gasteiger partial charge in [-0.05, 0) is 31.5 Å². The van der Waals surface area contributed by atoms with E-state index in [2.05, 4.69) is 58.3 Å². The molecule has 3 nitrogen and oxygen atoms in total. The van der Waals surface area contributed by atoms with Crippen LogP contribution in [0.15, 0.2) is 41.5 Å². The fourth-order valence-electron chi connectivity index (χ4n) is 2.73. The van der Waals surface area contributed by atoms with Gasteiger partial charge < -0.3 is 0 Å². The summed E-state index contributed by atoms with van der Waals surface area (Å²) in [6, 6.07) is 13.3. The molecule has 0 spiro atoms. The minimum absolute atomic E-state index is 1.03. The molecule has 0 radical (unpaired) electrons. The number of hydrazone groups is 1. The topological polar surface area (TPSA) is 18.8 Å². The predicted octanol–water partition coefficient (Wildman–Crippen LogP) is 3.85. The van der Waals surface area contributed by atoms with Gasteiger partial charge in [0.05, 0.1) is 0 Å². The normalized spacial score (nSPS) is 16.5. The van der Waals surface area contributed by atoms with Crippen LogP contribution in [0.5, 0.6) is 0 Å². The summed E-state index contributed by atoms with van der Waals surface area (Å²) in [5, 5.41) is 6.52. The first-order chi connectivity index (χ1) is 10.7. The van der Waals surface area contributed by atoms with Crippen LogP contribution in [0.25, 0.3) is 10.4 Å². The number of rotatable bonds is 4. The monoisotopic (exact) mass is 313 g/mol. The van der Waals surface area contributed by atoms with Gasteiger partial charge in [-0.15, -0.1) is 11.3 Å². The highest BCUT2D eigenvalue weighted by molar-refractivity contribution is 7.15. The first-order valence-corrected chi connectivity index (χ1v) is 8.68. The Morgan fingerprint density at radius 3 is 2.45 bits per heavy atom. The molecule has 0 N–H and O–H groups in total. The molecule has 2 heterocycles. The molecule has 1 aliphatic rings. The van der Waals surface area contributed by atoms with Gasteiger partial charge in [0.2, 0.25) is 0 Å². The van der Waals surface area contributed by atoms with E-state index in [0.29, 0.717) is 0 Å². The highest BCUT2D eigenvalue weighted by atomic mass is 32.1. The third-order valence-electron chi connectivity index (χ3n) is 4.00. The van der Waals surface area contributed by atoms with E-state index in [0.717, 1.165) is 32.7 Å². The van der Waals surface area contributed by atoms with Gasteiger partial charge in [-0.25, -0.2) is 0 Å². The summed E-state index contributed by atoms with van der Waals surface area (Å²) < 4.78 is 0. The fourth-order valence-corrected chi connectivity index (χ4v) is 3.79. The van der Waals surface area contributed by atoms with Gasteiger partial charge in [0, 0.05) is 48.7 Å². The van der Waals surface area contributed by atoms with Gasteiger partial charge >= 0.3 is 0 Å². The third-order valence-corrected chi connectivity index (χ3v) is 5.12. The molecule has 1 saturated heterocycles. The maximum absolute atomic E-state index is 4.36. The molecule has 1 aliphatic heterocycles. The minimum atomic E-state index is 1.03. The van der Waals surface area contributed by atoms with Gasteiger partial charge in [0.15, 0.2) is 0 Å². The van der Waals surface area contributed by atoms with Crippen molar-refractivity contribution in [1.82, 2.24) is 9.91 Å². The van der Waals surface area contributed by atoms with E-state index < -0.39 is 0 Å². The Hall–Kier alpha value is -1.65. The van der Waals surface area contributed by atoms with E-state index >= 15 is 0 Å². The minimum Gasteiger partial charge on any atom is -0.295 e. The van der Waals surface area contributed by atoms with Crippen LogP contribution < -0.4 is 0 Å². The quantitative estimate of drug-likeness (QED) is 0.799. The molecule has 22 heavy (non-hydrogen) atoms. The number of piperazine rings is 1. The van der Waals surface area contributed by atoms with Crippen LogP contribution in [-0.2, 0) is 6.54 Å². The van der Waals surface area contributed by atoms with E-state index in [1.54, 1.807) is 0 Å². The van der Waals surface area contributed by atoms with Gasteiger partial charge in [-0.3, -0.25) is 9.91 Å². The molecule has 1 aromatic carbocycles. The van der Waals surface area contributed by atoms with Crippen LogP contribution in [0.3, 0.4) is 0 Å². The smallest absolute Gasteiger partial charge is 0.0488 e. The summed E-state index contributed by atoms with van der Waals surface area (Å²) in [6.45, 7) is 9.40. The van der Waals surface area contributed by atoms with Crippen molar-refractivity contribution in [3.05, 3.63) is 46.8 Å². The lowest BCUT2D eigenvalue weighted by molar-refractivity contribution is 0.132. The van der Waals surface area contributed by atoms with E-state index in [-0.39, 0.29) is 0 Å². The van der Waals surface area contributed by atoms with Crippen molar-refractivity contribution in [3.63, 3.8) is 0 Å². The lowest BCUT2D eigenvalue weighted by atomic mass is 10.1. The highest BCUT2D eigenvalue weighted by Crippen LogP contribution is 2.29. The van der Waals surface area contributed by atoms with Gasteiger partial charge in [0.1, 0.15) is 0 Å². The Morgan fingerprint density at radius 1 is 1.05 bits per heavy atom. The second kappa shape index (κ2) is 7.07. The average Bonchev–Trinajstić information content (AvgIpc) is 2.99. The molecule has 0 saturated carbocycles. The van der Waals surface area contributed by atoms with Crippen molar-refractivity contribution < 1.29 is 0 Å². The molecule has 0 atom stereocenters. The molecule has 1 aromatic heterocycles. The van der Waals surface area contributed by atoms with E-state index in [9.17, 15) is 0 Å². The molecule has 3 rings (SSSR count). The number of thiophene rings is 1. The van der Waals surface area contributed by atoms with Crippen molar-refractivity contribution in [3.8, 4) is 10.4 Å². The molecule has 116 valence electrons. The van der Waals surface area contributed by atoms with Crippen molar-refractivity contribution in [1.29, 1.82) is 0 Å². The Morgan fingerprint density at radius 2 is 1.77 bits per heavy atom. The number of nitrogens with zero attached hydrogens (tertiary/aromatic N) is 3. The second-order valence-electron chi connectivity index (χ2n) is 5.74. The summed E-state index contributed by atoms with van der Waals surface area (Å²) in [6.07, 6.45) is 1.88. The Kier molecular flexibility index (Phi) is 4.90. The lowest BCUT2D eigenvalue weighted by Gasteiger charge is -2.32. The van der Waals surface area contributed by atoms with Crippen LogP contribution in [0, 0.1) is 6.92 Å². The maximum Gasteiger partial charge on any atom is 0.0488 e. The zero-order valence-corrected chi connectivity index (χ0v) is 14.1.